The number of nitrogens with zero attached hydrogens (tertiary/aromatic N) is 2. The van der Waals surface area contributed by atoms with Gasteiger partial charge < -0.3 is 10.0 Å². The molecular weight excluding hydrogens is 204 g/mol. The lowest BCUT2D eigenvalue weighted by molar-refractivity contribution is 0.0665. The van der Waals surface area contributed by atoms with E-state index in [-0.39, 0.29) is 6.04 Å². The SMILES string of the molecule is CCC(CC)CN1CCN(C(=O)O)C(C)C1. The van der Waals surface area contributed by atoms with Crippen LogP contribution in [0.15, 0.2) is 0 Å². The number of carbonyl (C=O) groups is 1. The molecule has 1 aliphatic heterocycles. The number of carboxylic acid groups (broad SMARTS) is 1. The van der Waals surface area contributed by atoms with Crippen LogP contribution in [0.1, 0.15) is 33.6 Å². The van der Waals surface area contributed by atoms with Crippen molar-refractivity contribution in [3.8, 4) is 0 Å². The maximum Gasteiger partial charge on any atom is 0.407 e. The lowest BCUT2D eigenvalue weighted by atomic mass is 10.0. The molecule has 0 aromatic heterocycles. The van der Waals surface area contributed by atoms with Crippen molar-refractivity contribution in [1.82, 2.24) is 9.80 Å². The van der Waals surface area contributed by atoms with Gasteiger partial charge in [-0.25, -0.2) is 4.79 Å². The van der Waals surface area contributed by atoms with Crippen molar-refractivity contribution in [1.29, 1.82) is 0 Å². The molecular formula is C12H24N2O2. The Labute approximate surface area is 98.2 Å². The summed E-state index contributed by atoms with van der Waals surface area (Å²) in [6.07, 6.45) is 1.64. The molecule has 1 aliphatic rings. The molecule has 1 saturated heterocycles. The maximum absolute atomic E-state index is 10.9. The summed E-state index contributed by atoms with van der Waals surface area (Å²) in [5.41, 5.74) is 0. The summed E-state index contributed by atoms with van der Waals surface area (Å²) < 4.78 is 0. The fourth-order valence-corrected chi connectivity index (χ4v) is 2.40. The van der Waals surface area contributed by atoms with Gasteiger partial charge >= 0.3 is 6.09 Å². The van der Waals surface area contributed by atoms with Crippen molar-refractivity contribution in [2.75, 3.05) is 26.2 Å². The molecule has 1 unspecified atom stereocenters. The maximum atomic E-state index is 10.9. The van der Waals surface area contributed by atoms with Crippen LogP contribution in [0, 0.1) is 5.92 Å². The molecule has 1 rings (SSSR count). The van der Waals surface area contributed by atoms with Crippen LogP contribution in [0.3, 0.4) is 0 Å². The van der Waals surface area contributed by atoms with E-state index in [4.69, 9.17) is 5.11 Å². The van der Waals surface area contributed by atoms with Gasteiger partial charge in [0, 0.05) is 32.2 Å². The van der Waals surface area contributed by atoms with Crippen molar-refractivity contribution in [2.24, 2.45) is 5.92 Å². The standard InChI is InChI=1S/C12H24N2O2/c1-4-11(5-2)9-13-6-7-14(12(15)16)10(3)8-13/h10-11H,4-9H2,1-3H3,(H,15,16). The van der Waals surface area contributed by atoms with Crippen LogP contribution in [0.4, 0.5) is 4.79 Å². The number of amides is 1. The zero-order chi connectivity index (χ0) is 12.1. The monoisotopic (exact) mass is 228 g/mol. The molecule has 1 atom stereocenters. The summed E-state index contributed by atoms with van der Waals surface area (Å²) >= 11 is 0. The molecule has 0 aromatic rings. The summed E-state index contributed by atoms with van der Waals surface area (Å²) in [4.78, 5) is 14.9. The molecule has 0 spiro atoms. The Balaban J connectivity index is 2.42. The Hall–Kier alpha value is -0.770. The van der Waals surface area contributed by atoms with E-state index in [0.717, 1.165) is 25.6 Å². The molecule has 1 heterocycles. The molecule has 1 amide bonds. The van der Waals surface area contributed by atoms with Gasteiger partial charge in [-0.15, -0.1) is 0 Å². The van der Waals surface area contributed by atoms with E-state index in [2.05, 4.69) is 18.7 Å². The Morgan fingerprint density at radius 2 is 2.00 bits per heavy atom. The van der Waals surface area contributed by atoms with Crippen LogP contribution in [0.25, 0.3) is 0 Å². The second-order valence-electron chi connectivity index (χ2n) is 4.77. The van der Waals surface area contributed by atoms with Gasteiger partial charge in [0.25, 0.3) is 0 Å². The van der Waals surface area contributed by atoms with Gasteiger partial charge in [-0.2, -0.15) is 0 Å². The first-order valence-electron chi connectivity index (χ1n) is 6.30. The lowest BCUT2D eigenvalue weighted by Crippen LogP contribution is -2.54. The third-order valence-electron chi connectivity index (χ3n) is 3.63. The minimum absolute atomic E-state index is 0.126. The van der Waals surface area contributed by atoms with Gasteiger partial charge in [0.1, 0.15) is 0 Å². The van der Waals surface area contributed by atoms with Crippen LogP contribution in [0.5, 0.6) is 0 Å². The van der Waals surface area contributed by atoms with Gasteiger partial charge in [0.2, 0.25) is 0 Å². The van der Waals surface area contributed by atoms with Crippen molar-refractivity contribution in [2.45, 2.75) is 39.7 Å². The molecule has 1 N–H and O–H groups in total. The van der Waals surface area contributed by atoms with Gasteiger partial charge in [0.05, 0.1) is 0 Å². The van der Waals surface area contributed by atoms with Crippen molar-refractivity contribution < 1.29 is 9.90 Å². The number of piperazine rings is 1. The van der Waals surface area contributed by atoms with Gasteiger partial charge in [-0.1, -0.05) is 26.7 Å². The summed E-state index contributed by atoms with van der Waals surface area (Å²) in [6, 6.07) is 0.126. The summed E-state index contributed by atoms with van der Waals surface area (Å²) in [6.45, 7) is 9.97. The van der Waals surface area contributed by atoms with Crippen LogP contribution in [-0.4, -0.2) is 53.2 Å². The van der Waals surface area contributed by atoms with E-state index >= 15 is 0 Å². The predicted molar refractivity (Wildman–Crippen MR) is 64.7 cm³/mol. The molecule has 4 heteroatoms. The molecule has 0 aliphatic carbocycles. The second kappa shape index (κ2) is 6.09. The number of hydrogen-bond acceptors (Lipinski definition) is 2. The number of rotatable bonds is 4. The van der Waals surface area contributed by atoms with Crippen molar-refractivity contribution >= 4 is 6.09 Å². The van der Waals surface area contributed by atoms with Crippen molar-refractivity contribution in [3.05, 3.63) is 0 Å². The predicted octanol–water partition coefficient (Wildman–Crippen LogP) is 2.11. The van der Waals surface area contributed by atoms with Crippen LogP contribution in [0.2, 0.25) is 0 Å². The summed E-state index contributed by atoms with van der Waals surface area (Å²) in [7, 11) is 0. The number of hydrogen-bond donors (Lipinski definition) is 1. The Morgan fingerprint density at radius 3 is 2.44 bits per heavy atom. The van der Waals surface area contributed by atoms with E-state index in [1.165, 1.54) is 12.8 Å². The van der Waals surface area contributed by atoms with Gasteiger partial charge in [-0.3, -0.25) is 4.90 Å². The van der Waals surface area contributed by atoms with E-state index in [1.807, 2.05) is 6.92 Å². The average molecular weight is 228 g/mol. The second-order valence-corrected chi connectivity index (χ2v) is 4.77. The Kier molecular flexibility index (Phi) is 5.06. The quantitative estimate of drug-likeness (QED) is 0.801. The first-order chi connectivity index (χ1) is 7.58. The molecule has 1 fully saturated rings. The Morgan fingerprint density at radius 1 is 1.38 bits per heavy atom. The Bertz CT molecular complexity index is 229. The van der Waals surface area contributed by atoms with E-state index < -0.39 is 6.09 Å². The first-order valence-corrected chi connectivity index (χ1v) is 6.30. The molecule has 16 heavy (non-hydrogen) atoms. The van der Waals surface area contributed by atoms with Gasteiger partial charge in [-0.05, 0) is 12.8 Å². The highest BCUT2D eigenvalue weighted by molar-refractivity contribution is 5.65. The largest absolute Gasteiger partial charge is 0.465 e. The fourth-order valence-electron chi connectivity index (χ4n) is 2.40. The molecule has 4 nitrogen and oxygen atoms in total. The van der Waals surface area contributed by atoms with E-state index in [0.29, 0.717) is 6.54 Å². The third-order valence-corrected chi connectivity index (χ3v) is 3.63. The lowest BCUT2D eigenvalue weighted by Gasteiger charge is -2.39. The highest BCUT2D eigenvalue weighted by Crippen LogP contribution is 2.15. The topological polar surface area (TPSA) is 43.8 Å². The van der Waals surface area contributed by atoms with Crippen molar-refractivity contribution in [3.63, 3.8) is 0 Å². The van der Waals surface area contributed by atoms with Crippen LogP contribution in [-0.2, 0) is 0 Å². The smallest absolute Gasteiger partial charge is 0.407 e. The summed E-state index contributed by atoms with van der Waals surface area (Å²) in [5.74, 6) is 0.753. The minimum atomic E-state index is -0.783. The molecule has 94 valence electrons. The highest BCUT2D eigenvalue weighted by atomic mass is 16.4. The van der Waals surface area contributed by atoms with E-state index in [9.17, 15) is 4.79 Å². The molecule has 0 bridgehead atoms. The third kappa shape index (κ3) is 3.37. The van der Waals surface area contributed by atoms with Crippen LogP contribution >= 0.6 is 0 Å². The van der Waals surface area contributed by atoms with E-state index in [1.54, 1.807) is 4.90 Å². The first kappa shape index (κ1) is 13.3. The van der Waals surface area contributed by atoms with Crippen LogP contribution < -0.4 is 0 Å². The van der Waals surface area contributed by atoms with Gasteiger partial charge in [0.15, 0.2) is 0 Å². The highest BCUT2D eigenvalue weighted by Gasteiger charge is 2.27. The minimum Gasteiger partial charge on any atom is -0.465 e. The zero-order valence-corrected chi connectivity index (χ0v) is 10.6. The summed E-state index contributed by atoms with van der Waals surface area (Å²) in [5, 5.41) is 8.98. The average Bonchev–Trinajstić information content (AvgIpc) is 2.25. The fraction of sp³-hybridized carbons (Fsp3) is 0.917. The molecule has 0 radical (unpaired) electrons. The zero-order valence-electron chi connectivity index (χ0n) is 10.6. The molecule has 0 saturated carbocycles. The normalized spacial score (nSPS) is 22.8. The molecule has 0 aromatic carbocycles.